The Morgan fingerprint density at radius 1 is 1.55 bits per heavy atom. The molecule has 1 rings (SSSR count). The monoisotopic (exact) mass is 166 g/mol. The van der Waals surface area contributed by atoms with Gasteiger partial charge in [0.05, 0.1) is 6.57 Å². The Morgan fingerprint density at radius 2 is 2.18 bits per heavy atom. The molecule has 0 aliphatic carbocycles. The number of halogens is 1. The number of nitrogens with two attached hydrogens (primary N) is 1. The Labute approximate surface area is 70.4 Å². The number of aryl methyl sites for hydroxylation is 1. The summed E-state index contributed by atoms with van der Waals surface area (Å²) >= 11 is 5.71. The van der Waals surface area contributed by atoms with Gasteiger partial charge < -0.3 is 5.73 Å². The third-order valence-electron chi connectivity index (χ3n) is 1.50. The van der Waals surface area contributed by atoms with E-state index in [-0.39, 0.29) is 0 Å². The molecule has 56 valence electrons. The van der Waals surface area contributed by atoms with Crippen molar-refractivity contribution < 1.29 is 0 Å². The number of hydrogen-bond acceptors (Lipinski definition) is 1. The molecule has 0 spiro atoms. The first-order valence-corrected chi connectivity index (χ1v) is 3.46. The maximum absolute atomic E-state index is 6.78. The molecule has 0 amide bonds. The van der Waals surface area contributed by atoms with Crippen LogP contribution in [0.15, 0.2) is 12.1 Å². The van der Waals surface area contributed by atoms with Gasteiger partial charge in [-0.3, -0.25) is 0 Å². The first kappa shape index (κ1) is 7.90. The predicted molar refractivity (Wildman–Crippen MR) is 46.9 cm³/mol. The summed E-state index contributed by atoms with van der Waals surface area (Å²) in [6, 6.07) is 3.48. The average Bonchev–Trinajstić information content (AvgIpc) is 1.99. The maximum Gasteiger partial charge on any atom is 0.227 e. The lowest BCUT2D eigenvalue weighted by molar-refractivity contribution is 1.48. The maximum atomic E-state index is 6.78. The summed E-state index contributed by atoms with van der Waals surface area (Å²) in [4.78, 5) is 3.22. The van der Waals surface area contributed by atoms with E-state index in [4.69, 9.17) is 23.9 Å². The summed E-state index contributed by atoms with van der Waals surface area (Å²) in [5, 5.41) is 0.420. The van der Waals surface area contributed by atoms with Crippen molar-refractivity contribution >= 4 is 23.0 Å². The topological polar surface area (TPSA) is 30.4 Å². The summed E-state index contributed by atoms with van der Waals surface area (Å²) in [5.74, 6) is 0. The minimum absolute atomic E-state index is 0.353. The van der Waals surface area contributed by atoms with Crippen LogP contribution in [0.3, 0.4) is 0 Å². The molecule has 0 aliphatic heterocycles. The zero-order chi connectivity index (χ0) is 8.43. The van der Waals surface area contributed by atoms with E-state index in [1.54, 1.807) is 12.1 Å². The van der Waals surface area contributed by atoms with Crippen molar-refractivity contribution in [2.24, 2.45) is 0 Å². The molecule has 3 heteroatoms. The zero-order valence-electron chi connectivity index (χ0n) is 6.06. The van der Waals surface area contributed by atoms with Gasteiger partial charge in [-0.25, -0.2) is 4.85 Å². The van der Waals surface area contributed by atoms with Crippen LogP contribution in [0.25, 0.3) is 4.85 Å². The summed E-state index contributed by atoms with van der Waals surface area (Å²) in [6.45, 7) is 8.63. The van der Waals surface area contributed by atoms with Gasteiger partial charge in [-0.05, 0) is 12.5 Å². The summed E-state index contributed by atoms with van der Waals surface area (Å²) in [6.07, 6.45) is 0. The van der Waals surface area contributed by atoms with Gasteiger partial charge >= 0.3 is 0 Å². The normalized spacial score (nSPS) is 9.18. The third-order valence-corrected chi connectivity index (χ3v) is 1.80. The molecule has 0 aromatic heterocycles. The van der Waals surface area contributed by atoms with Crippen molar-refractivity contribution in [2.45, 2.75) is 6.92 Å². The van der Waals surface area contributed by atoms with E-state index in [1.165, 1.54) is 0 Å². The number of nitrogens with zero attached hydrogens (tertiary/aromatic N) is 1. The lowest BCUT2D eigenvalue weighted by Gasteiger charge is -2.02. The van der Waals surface area contributed by atoms with Gasteiger partial charge in [0.2, 0.25) is 5.69 Å². The molecule has 11 heavy (non-hydrogen) atoms. The Balaban J connectivity index is 3.44. The third kappa shape index (κ3) is 1.28. The van der Waals surface area contributed by atoms with Crippen LogP contribution in [0, 0.1) is 13.5 Å². The van der Waals surface area contributed by atoms with Crippen molar-refractivity contribution in [3.8, 4) is 0 Å². The highest BCUT2D eigenvalue weighted by Gasteiger charge is 2.05. The predicted octanol–water partition coefficient (Wildman–Crippen LogP) is 2.78. The van der Waals surface area contributed by atoms with Gasteiger partial charge in [0.15, 0.2) is 0 Å². The molecule has 0 unspecified atom stereocenters. The molecule has 0 fully saturated rings. The van der Waals surface area contributed by atoms with Crippen LogP contribution >= 0.6 is 11.6 Å². The van der Waals surface area contributed by atoms with Crippen LogP contribution in [0.5, 0.6) is 0 Å². The van der Waals surface area contributed by atoms with Crippen LogP contribution < -0.4 is 5.73 Å². The van der Waals surface area contributed by atoms with Gasteiger partial charge in [-0.2, -0.15) is 0 Å². The van der Waals surface area contributed by atoms with E-state index in [0.717, 1.165) is 5.56 Å². The van der Waals surface area contributed by atoms with Gasteiger partial charge in [0, 0.05) is 10.7 Å². The SMILES string of the molecule is [C-]#[N+]c1c(Cl)ccc(C)c1N. The molecule has 0 bridgehead atoms. The van der Waals surface area contributed by atoms with Crippen LogP contribution in [0.1, 0.15) is 5.56 Å². The minimum atomic E-state index is 0.353. The molecule has 2 N–H and O–H groups in total. The summed E-state index contributed by atoms with van der Waals surface area (Å²) in [5.41, 5.74) is 7.32. The molecule has 0 heterocycles. The van der Waals surface area contributed by atoms with Gasteiger partial charge in [-0.1, -0.05) is 23.7 Å². The highest BCUT2D eigenvalue weighted by molar-refractivity contribution is 6.34. The Hall–Kier alpha value is -1.20. The van der Waals surface area contributed by atoms with Gasteiger partial charge in [-0.15, -0.1) is 0 Å². The fourth-order valence-corrected chi connectivity index (χ4v) is 1.00. The summed E-state index contributed by atoms with van der Waals surface area (Å²) < 4.78 is 0. The van der Waals surface area contributed by atoms with E-state index >= 15 is 0 Å². The van der Waals surface area contributed by atoms with Crippen LogP contribution in [-0.4, -0.2) is 0 Å². The largest absolute Gasteiger partial charge is 0.407 e. The molecule has 0 radical (unpaired) electrons. The van der Waals surface area contributed by atoms with E-state index in [0.29, 0.717) is 16.4 Å². The summed E-state index contributed by atoms with van der Waals surface area (Å²) in [7, 11) is 0. The Kier molecular flexibility index (Phi) is 2.02. The molecule has 0 aliphatic rings. The van der Waals surface area contributed by atoms with Crippen molar-refractivity contribution in [1.82, 2.24) is 0 Å². The molecule has 0 saturated carbocycles. The molecule has 1 aromatic carbocycles. The number of rotatable bonds is 0. The number of nitrogen functional groups attached to an aromatic ring is 1. The zero-order valence-corrected chi connectivity index (χ0v) is 6.81. The van der Waals surface area contributed by atoms with E-state index in [1.807, 2.05) is 6.92 Å². The highest BCUT2D eigenvalue weighted by atomic mass is 35.5. The Bertz CT molecular complexity index is 326. The quantitative estimate of drug-likeness (QED) is 0.466. The second kappa shape index (κ2) is 2.81. The molecular formula is C8H7ClN2. The Morgan fingerprint density at radius 3 is 2.64 bits per heavy atom. The molecule has 1 aromatic rings. The van der Waals surface area contributed by atoms with Crippen LogP contribution in [0.4, 0.5) is 11.4 Å². The lowest BCUT2D eigenvalue weighted by Crippen LogP contribution is -1.88. The number of hydrogen-bond donors (Lipinski definition) is 1. The van der Waals surface area contributed by atoms with Crippen LogP contribution in [0.2, 0.25) is 5.02 Å². The standard InChI is InChI=1S/C8H7ClN2/c1-5-3-4-6(9)8(11-2)7(5)10/h3-4H,10H2,1H3. The van der Waals surface area contributed by atoms with E-state index < -0.39 is 0 Å². The average molecular weight is 167 g/mol. The number of anilines is 1. The van der Waals surface area contributed by atoms with Gasteiger partial charge in [0.1, 0.15) is 0 Å². The smallest absolute Gasteiger partial charge is 0.227 e. The first-order valence-electron chi connectivity index (χ1n) is 3.09. The van der Waals surface area contributed by atoms with Gasteiger partial charge in [0.25, 0.3) is 0 Å². The fourth-order valence-electron chi connectivity index (χ4n) is 0.796. The van der Waals surface area contributed by atoms with E-state index in [9.17, 15) is 0 Å². The first-order chi connectivity index (χ1) is 5.16. The highest BCUT2D eigenvalue weighted by Crippen LogP contribution is 2.33. The lowest BCUT2D eigenvalue weighted by atomic mass is 10.2. The van der Waals surface area contributed by atoms with Crippen molar-refractivity contribution in [3.63, 3.8) is 0 Å². The van der Waals surface area contributed by atoms with Crippen molar-refractivity contribution in [3.05, 3.63) is 34.1 Å². The molecular weight excluding hydrogens is 160 g/mol. The van der Waals surface area contributed by atoms with Crippen molar-refractivity contribution in [1.29, 1.82) is 0 Å². The van der Waals surface area contributed by atoms with E-state index in [2.05, 4.69) is 4.85 Å². The van der Waals surface area contributed by atoms with Crippen molar-refractivity contribution in [2.75, 3.05) is 5.73 Å². The molecule has 0 atom stereocenters. The fraction of sp³-hybridized carbons (Fsp3) is 0.125. The second-order valence-electron chi connectivity index (χ2n) is 2.24. The second-order valence-corrected chi connectivity index (χ2v) is 2.65. The molecule has 0 saturated heterocycles. The number of benzene rings is 1. The molecule has 2 nitrogen and oxygen atoms in total. The van der Waals surface area contributed by atoms with Crippen LogP contribution in [-0.2, 0) is 0 Å². The minimum Gasteiger partial charge on any atom is -0.407 e.